The smallest absolute Gasteiger partial charge is 0.224 e. The predicted molar refractivity (Wildman–Crippen MR) is 57.9 cm³/mol. The summed E-state index contributed by atoms with van der Waals surface area (Å²) in [6.45, 7) is 2.30. The van der Waals surface area contributed by atoms with Gasteiger partial charge in [-0.2, -0.15) is 5.26 Å². The maximum absolute atomic E-state index is 9.40. The Balaban J connectivity index is 2.60. The maximum atomic E-state index is 9.40. The molecule has 0 aliphatic heterocycles. The molecule has 6 nitrogen and oxygen atoms in total. The molecule has 1 atom stereocenters. The summed E-state index contributed by atoms with van der Waals surface area (Å²) in [7, 11) is 1.51. The number of nitrogens with zero attached hydrogens (tertiary/aromatic N) is 3. The number of hydrogen-bond acceptors (Lipinski definition) is 6. The highest BCUT2D eigenvalue weighted by Gasteiger charge is 2.05. The van der Waals surface area contributed by atoms with Crippen molar-refractivity contribution in [1.82, 2.24) is 9.97 Å². The molecule has 0 radical (unpaired) electrons. The van der Waals surface area contributed by atoms with Crippen molar-refractivity contribution in [1.29, 1.82) is 5.26 Å². The highest BCUT2D eigenvalue weighted by atomic mass is 16.5. The van der Waals surface area contributed by atoms with Gasteiger partial charge in [-0.1, -0.05) is 0 Å². The standard InChI is InChI=1S/C10H14N4O2/c1-7-3-8(4-11)14-10(13-7)12-5-9(15)6-16-2/h3,9,15H,5-6H2,1-2H3,(H,12,13,14). The van der Waals surface area contributed by atoms with Crippen LogP contribution in [0.2, 0.25) is 0 Å². The van der Waals surface area contributed by atoms with Crippen LogP contribution in [0.4, 0.5) is 5.95 Å². The van der Waals surface area contributed by atoms with Crippen molar-refractivity contribution in [3.05, 3.63) is 17.5 Å². The van der Waals surface area contributed by atoms with Crippen LogP contribution in [0.3, 0.4) is 0 Å². The number of hydrogen-bond donors (Lipinski definition) is 2. The maximum Gasteiger partial charge on any atom is 0.224 e. The third kappa shape index (κ3) is 3.81. The molecule has 86 valence electrons. The van der Waals surface area contributed by atoms with Gasteiger partial charge in [0.1, 0.15) is 11.8 Å². The third-order valence-electron chi connectivity index (χ3n) is 1.82. The molecule has 0 saturated carbocycles. The Morgan fingerprint density at radius 1 is 1.62 bits per heavy atom. The summed E-state index contributed by atoms with van der Waals surface area (Å²) in [5, 5.41) is 21.0. The fourth-order valence-electron chi connectivity index (χ4n) is 1.17. The van der Waals surface area contributed by atoms with Gasteiger partial charge in [-0.05, 0) is 13.0 Å². The average Bonchev–Trinajstić information content (AvgIpc) is 2.26. The Bertz CT molecular complexity index is 389. The fraction of sp³-hybridized carbons (Fsp3) is 0.500. The van der Waals surface area contributed by atoms with Gasteiger partial charge in [-0.25, -0.2) is 9.97 Å². The van der Waals surface area contributed by atoms with Gasteiger partial charge in [0.05, 0.1) is 12.7 Å². The first kappa shape index (κ1) is 12.4. The summed E-state index contributed by atoms with van der Waals surface area (Å²) in [6.07, 6.45) is -0.625. The lowest BCUT2D eigenvalue weighted by atomic mass is 10.3. The van der Waals surface area contributed by atoms with Gasteiger partial charge < -0.3 is 15.2 Å². The molecule has 0 fully saturated rings. The number of aromatic nitrogens is 2. The Morgan fingerprint density at radius 2 is 2.38 bits per heavy atom. The lowest BCUT2D eigenvalue weighted by molar-refractivity contribution is 0.0726. The molecule has 1 aromatic heterocycles. The first-order valence-electron chi connectivity index (χ1n) is 4.82. The van der Waals surface area contributed by atoms with E-state index in [0.717, 1.165) is 0 Å². The summed E-state index contributed by atoms with van der Waals surface area (Å²) < 4.78 is 4.78. The molecule has 0 aliphatic rings. The average molecular weight is 222 g/mol. The molecule has 0 bridgehead atoms. The second-order valence-corrected chi connectivity index (χ2v) is 3.32. The molecule has 6 heteroatoms. The molecule has 0 amide bonds. The molecule has 0 saturated heterocycles. The first-order valence-corrected chi connectivity index (χ1v) is 4.82. The minimum Gasteiger partial charge on any atom is -0.389 e. The highest BCUT2D eigenvalue weighted by molar-refractivity contribution is 5.32. The Labute approximate surface area is 93.9 Å². The number of ether oxygens (including phenoxy) is 1. The second-order valence-electron chi connectivity index (χ2n) is 3.32. The van der Waals surface area contributed by atoms with Crippen molar-refractivity contribution in [3.8, 4) is 6.07 Å². The summed E-state index contributed by atoms with van der Waals surface area (Å²) in [6, 6.07) is 3.54. The largest absolute Gasteiger partial charge is 0.389 e. The number of aryl methyl sites for hydroxylation is 1. The quantitative estimate of drug-likeness (QED) is 0.733. The zero-order valence-electron chi connectivity index (χ0n) is 9.27. The van der Waals surface area contributed by atoms with E-state index in [-0.39, 0.29) is 13.2 Å². The molecule has 1 rings (SSSR count). The van der Waals surface area contributed by atoms with Gasteiger partial charge in [-0.3, -0.25) is 0 Å². The minimum absolute atomic E-state index is 0.240. The molecular formula is C10H14N4O2. The van der Waals surface area contributed by atoms with E-state index in [1.165, 1.54) is 7.11 Å². The van der Waals surface area contributed by atoms with Gasteiger partial charge in [0.15, 0.2) is 0 Å². The summed E-state index contributed by atoms with van der Waals surface area (Å²) >= 11 is 0. The van der Waals surface area contributed by atoms with Crippen LogP contribution in [0.25, 0.3) is 0 Å². The van der Waals surface area contributed by atoms with Gasteiger partial charge >= 0.3 is 0 Å². The Hall–Kier alpha value is -1.71. The number of nitriles is 1. The number of methoxy groups -OCH3 is 1. The van der Waals surface area contributed by atoms with Crippen molar-refractivity contribution in [2.45, 2.75) is 13.0 Å². The summed E-state index contributed by atoms with van der Waals surface area (Å²) in [4.78, 5) is 8.04. The molecular weight excluding hydrogens is 208 g/mol. The Kier molecular flexibility index (Phi) is 4.64. The molecule has 1 heterocycles. The van der Waals surface area contributed by atoms with E-state index >= 15 is 0 Å². The van der Waals surface area contributed by atoms with Gasteiger partial charge in [0, 0.05) is 19.3 Å². The van der Waals surface area contributed by atoms with Crippen LogP contribution in [0, 0.1) is 18.3 Å². The van der Waals surface area contributed by atoms with Crippen LogP contribution < -0.4 is 5.32 Å². The number of nitrogens with one attached hydrogen (secondary N) is 1. The van der Waals surface area contributed by atoms with E-state index in [9.17, 15) is 5.11 Å². The summed E-state index contributed by atoms with van der Waals surface area (Å²) in [5.74, 6) is 0.340. The SMILES string of the molecule is COCC(O)CNc1nc(C)cc(C#N)n1. The van der Waals surface area contributed by atoms with E-state index in [2.05, 4.69) is 15.3 Å². The lowest BCUT2D eigenvalue weighted by Gasteiger charge is -2.10. The zero-order chi connectivity index (χ0) is 12.0. The topological polar surface area (TPSA) is 91.1 Å². The Morgan fingerprint density at radius 3 is 3.00 bits per heavy atom. The molecule has 2 N–H and O–H groups in total. The van der Waals surface area contributed by atoms with E-state index in [4.69, 9.17) is 10.00 Å². The van der Waals surface area contributed by atoms with Crippen molar-refractivity contribution < 1.29 is 9.84 Å². The molecule has 16 heavy (non-hydrogen) atoms. The van der Waals surface area contributed by atoms with Crippen LogP contribution in [-0.4, -0.2) is 41.4 Å². The van der Waals surface area contributed by atoms with Crippen molar-refractivity contribution in [2.75, 3.05) is 25.6 Å². The molecule has 1 unspecified atom stereocenters. The van der Waals surface area contributed by atoms with E-state index in [1.807, 2.05) is 6.07 Å². The minimum atomic E-state index is -0.625. The summed E-state index contributed by atoms with van der Waals surface area (Å²) in [5.41, 5.74) is 1.01. The monoisotopic (exact) mass is 222 g/mol. The zero-order valence-corrected chi connectivity index (χ0v) is 9.27. The van der Waals surface area contributed by atoms with Crippen LogP contribution in [0.15, 0.2) is 6.07 Å². The molecule has 0 aromatic carbocycles. The molecule has 0 aliphatic carbocycles. The van der Waals surface area contributed by atoms with Gasteiger partial charge in [0.25, 0.3) is 0 Å². The van der Waals surface area contributed by atoms with E-state index in [0.29, 0.717) is 17.3 Å². The second kappa shape index (κ2) is 6.00. The molecule has 0 spiro atoms. The van der Waals surface area contributed by atoms with Crippen LogP contribution >= 0.6 is 0 Å². The van der Waals surface area contributed by atoms with Gasteiger partial charge in [-0.15, -0.1) is 0 Å². The van der Waals surface area contributed by atoms with Crippen LogP contribution in [0.5, 0.6) is 0 Å². The van der Waals surface area contributed by atoms with E-state index < -0.39 is 6.10 Å². The van der Waals surface area contributed by atoms with Crippen molar-refractivity contribution in [2.24, 2.45) is 0 Å². The number of anilines is 1. The number of aliphatic hydroxyl groups is 1. The van der Waals surface area contributed by atoms with Crippen molar-refractivity contribution >= 4 is 5.95 Å². The van der Waals surface area contributed by atoms with Crippen LogP contribution in [0.1, 0.15) is 11.4 Å². The van der Waals surface area contributed by atoms with Gasteiger partial charge in [0.2, 0.25) is 5.95 Å². The fourth-order valence-corrected chi connectivity index (χ4v) is 1.17. The van der Waals surface area contributed by atoms with E-state index in [1.54, 1.807) is 13.0 Å². The lowest BCUT2D eigenvalue weighted by Crippen LogP contribution is -2.25. The number of aliphatic hydroxyl groups excluding tert-OH is 1. The van der Waals surface area contributed by atoms with Crippen LogP contribution in [-0.2, 0) is 4.74 Å². The number of rotatable bonds is 5. The highest BCUT2D eigenvalue weighted by Crippen LogP contribution is 2.03. The van der Waals surface area contributed by atoms with Crippen molar-refractivity contribution in [3.63, 3.8) is 0 Å². The predicted octanol–water partition coefficient (Wildman–Crippen LogP) is 0.0759. The molecule has 1 aromatic rings. The third-order valence-corrected chi connectivity index (χ3v) is 1.82. The first-order chi connectivity index (χ1) is 7.65. The normalized spacial score (nSPS) is 11.9.